The van der Waals surface area contributed by atoms with Gasteiger partial charge in [0.2, 0.25) is 11.8 Å². The third kappa shape index (κ3) is 73.4. The molecule has 4 unspecified atom stereocenters. The van der Waals surface area contributed by atoms with Crippen LogP contribution in [0.4, 0.5) is 0 Å². The van der Waals surface area contributed by atoms with Gasteiger partial charge in [-0.2, -0.15) is 0 Å². The molecule has 824 valence electrons. The number of phosphoric acid groups is 2. The number of amides is 2. The Morgan fingerprint density at radius 1 is 0.293 bits per heavy atom. The summed E-state index contributed by atoms with van der Waals surface area (Å²) in [6.45, 7) is 13.1. The third-order valence-corrected chi connectivity index (χ3v) is 28.6. The molecular formula is C110H208N2O26P2. The monoisotopic (exact) mass is 2040 g/mol. The summed E-state index contributed by atoms with van der Waals surface area (Å²) in [5, 5.41) is 41.2. The number of phosphoric ester groups is 2. The van der Waals surface area contributed by atoms with Crippen LogP contribution in [0.5, 0.6) is 0 Å². The van der Waals surface area contributed by atoms with E-state index in [1.807, 2.05) is 0 Å². The predicted molar refractivity (Wildman–Crippen MR) is 555 cm³/mol. The topological polar surface area (TPSA) is 412 Å². The number of aliphatic hydroxyl groups is 3. The summed E-state index contributed by atoms with van der Waals surface area (Å²) >= 11 is 0. The molecule has 2 aliphatic rings. The zero-order chi connectivity index (χ0) is 103. The zero-order valence-electron chi connectivity index (χ0n) is 89.3. The Morgan fingerprint density at radius 2 is 0.543 bits per heavy atom. The standard InChI is InChI=1S/C110H208N2O26P2/c1-8-15-22-29-36-43-45-46-48-55-62-68-75-82-98(117)130-91(78-71-64-57-50-39-32-25-18-11-4)85-96(115)111-103-107(135-101(120)84-90(114)77-70-63-56-49-38-31-24-17-10-3)105(122)95(134-110(103)138-140(126,127)128)89-129-109-104(112-97(116)86-92(79-72-65-58-51-40-33-26-19-12-5)131-99(118)81-74-67-60-53-42-35-28-21-14-7)108(106(94(88-113)133-109)137-139(123,124)125)136-102(121)87-93(80-73-66-59-52-41-34-27-20-13-6)132-100(119)83-76-69-61-54-47-44-37-30-23-16-9-2/h90-95,103-110,113-114,122H,8-89H2,1-7H3,(H,111,115)(H,112,116)(H2,123,124,125)(H2,126,127,128)/t90?,91?,92?,93?,94-,95-,103-,104-,105-,106-,107-,108-,109-,110+/m1/s1. The summed E-state index contributed by atoms with van der Waals surface area (Å²) in [4.78, 5) is 145. The van der Waals surface area contributed by atoms with E-state index in [4.69, 9.17) is 46.9 Å². The first-order valence-corrected chi connectivity index (χ1v) is 60.7. The molecule has 28 nitrogen and oxygen atoms in total. The van der Waals surface area contributed by atoms with Crippen LogP contribution in [-0.2, 0) is 89.6 Å². The molecule has 9 N–H and O–H groups in total. The number of esters is 5. The van der Waals surface area contributed by atoms with Gasteiger partial charge in [-0.15, -0.1) is 0 Å². The Hall–Kier alpha value is -3.73. The smallest absolute Gasteiger partial charge is 0.462 e. The molecule has 2 rings (SSSR count). The van der Waals surface area contributed by atoms with E-state index in [-0.39, 0.29) is 44.9 Å². The number of ether oxygens (including phenoxy) is 8. The molecule has 2 fully saturated rings. The number of carbonyl (C=O) groups is 7. The van der Waals surface area contributed by atoms with Crippen molar-refractivity contribution in [2.75, 3.05) is 13.2 Å². The highest BCUT2D eigenvalue weighted by atomic mass is 31.2. The fraction of sp³-hybridized carbons (Fsp3) is 0.936. The molecular weight excluding hydrogens is 1830 g/mol. The Kier molecular flexibility index (Phi) is 84.4. The zero-order valence-corrected chi connectivity index (χ0v) is 91.1. The molecule has 0 aromatic rings. The minimum Gasteiger partial charge on any atom is -0.462 e. The maximum atomic E-state index is 15.3. The lowest BCUT2D eigenvalue weighted by Crippen LogP contribution is -2.68. The van der Waals surface area contributed by atoms with E-state index in [1.54, 1.807) is 0 Å². The minimum atomic E-state index is -5.75. The maximum Gasteiger partial charge on any atom is 0.472 e. The van der Waals surface area contributed by atoms with E-state index >= 15 is 9.59 Å². The molecule has 140 heavy (non-hydrogen) atoms. The number of unbranched alkanes of at least 4 members (excludes halogenated alkanes) is 62. The van der Waals surface area contributed by atoms with Gasteiger partial charge >= 0.3 is 45.5 Å². The highest BCUT2D eigenvalue weighted by Crippen LogP contribution is 2.44. The van der Waals surface area contributed by atoms with Crippen molar-refractivity contribution in [1.82, 2.24) is 10.6 Å². The van der Waals surface area contributed by atoms with Crippen molar-refractivity contribution in [3.05, 3.63) is 0 Å². The molecule has 0 aromatic carbocycles. The number of nitrogens with one attached hydrogen (secondary N) is 2. The minimum absolute atomic E-state index is 0.0727. The highest BCUT2D eigenvalue weighted by molar-refractivity contribution is 7.46. The lowest BCUT2D eigenvalue weighted by molar-refractivity contribution is -0.297. The normalized spacial score (nSPS) is 19.3. The van der Waals surface area contributed by atoms with Crippen molar-refractivity contribution in [3.63, 3.8) is 0 Å². The van der Waals surface area contributed by atoms with Crippen LogP contribution in [0.15, 0.2) is 0 Å². The van der Waals surface area contributed by atoms with Gasteiger partial charge in [0.1, 0.15) is 54.8 Å². The predicted octanol–water partition coefficient (Wildman–Crippen LogP) is 26.6. The summed E-state index contributed by atoms with van der Waals surface area (Å²) in [5.41, 5.74) is 0. The van der Waals surface area contributed by atoms with Gasteiger partial charge in [0.25, 0.3) is 0 Å². The second kappa shape index (κ2) is 89.3. The highest BCUT2D eigenvalue weighted by Gasteiger charge is 2.55. The Morgan fingerprint density at radius 3 is 0.836 bits per heavy atom. The summed E-state index contributed by atoms with van der Waals surface area (Å²) in [6.07, 6.45) is 48.1. The molecule has 0 saturated carbocycles. The summed E-state index contributed by atoms with van der Waals surface area (Å²) in [5.74, 6) is -5.54. The Balaban J connectivity index is 2.93. The summed E-state index contributed by atoms with van der Waals surface area (Å²) < 4.78 is 87.6. The molecule has 2 amide bonds. The molecule has 0 spiro atoms. The number of carbonyl (C=O) groups excluding carboxylic acids is 7. The Labute approximate surface area is 849 Å². The number of rotatable bonds is 99. The van der Waals surface area contributed by atoms with Crippen LogP contribution in [-0.4, -0.2) is 175 Å². The van der Waals surface area contributed by atoms with E-state index in [2.05, 4.69) is 59.1 Å². The van der Waals surface area contributed by atoms with E-state index in [9.17, 15) is 68.0 Å². The molecule has 0 radical (unpaired) electrons. The molecule has 0 bridgehead atoms. The first kappa shape index (κ1) is 132. The second-order valence-electron chi connectivity index (χ2n) is 41.0. The van der Waals surface area contributed by atoms with Gasteiger partial charge in [-0.25, -0.2) is 9.13 Å². The van der Waals surface area contributed by atoms with E-state index in [0.29, 0.717) is 44.9 Å². The van der Waals surface area contributed by atoms with Crippen LogP contribution in [0.3, 0.4) is 0 Å². The number of hydrogen-bond donors (Lipinski definition) is 9. The van der Waals surface area contributed by atoms with Crippen LogP contribution in [0.1, 0.15) is 562 Å². The molecule has 2 aliphatic heterocycles. The maximum absolute atomic E-state index is 15.3. The van der Waals surface area contributed by atoms with Crippen molar-refractivity contribution in [1.29, 1.82) is 0 Å². The van der Waals surface area contributed by atoms with Crippen molar-refractivity contribution in [3.8, 4) is 0 Å². The van der Waals surface area contributed by atoms with Crippen LogP contribution in [0.2, 0.25) is 0 Å². The van der Waals surface area contributed by atoms with Gasteiger partial charge in [0.05, 0.1) is 45.0 Å². The van der Waals surface area contributed by atoms with Crippen LogP contribution in [0, 0.1) is 0 Å². The van der Waals surface area contributed by atoms with E-state index in [1.165, 1.54) is 103 Å². The SMILES string of the molecule is CCCCCCCCCCCCCCCC(=O)OC(CCCCCCCCCCC)CC(=O)N[C@H]1[C@H](OP(=O)(O)O)O[C@H](CO[C@@H]2O[C@H](CO)[C@@H](OP(=O)(O)O)[C@H](OC(=O)CC(CCCCCCCCCCC)OC(=O)CCCCCCCCCCCCC)[C@H]2NC(=O)CC(CCCCCCCCCCC)OC(=O)CCCCCCCCCCC)[C@@H](O)[C@@H]1OC(=O)CC(O)CCCCCCCCCCC. The van der Waals surface area contributed by atoms with Crippen LogP contribution in [0.25, 0.3) is 0 Å². The molecule has 2 heterocycles. The lowest BCUT2D eigenvalue weighted by atomic mass is 9.95. The van der Waals surface area contributed by atoms with E-state index < -0.39 is 182 Å². The molecule has 2 saturated heterocycles. The molecule has 0 aliphatic carbocycles. The van der Waals surface area contributed by atoms with Crippen LogP contribution < -0.4 is 10.6 Å². The van der Waals surface area contributed by atoms with Gasteiger partial charge in [-0.3, -0.25) is 42.6 Å². The first-order valence-electron chi connectivity index (χ1n) is 57.7. The largest absolute Gasteiger partial charge is 0.472 e. The molecule has 0 aromatic heterocycles. The summed E-state index contributed by atoms with van der Waals surface area (Å²) in [6, 6.07) is -3.92. The first-order chi connectivity index (χ1) is 67.7. The van der Waals surface area contributed by atoms with Gasteiger partial charge in [0.15, 0.2) is 24.8 Å². The van der Waals surface area contributed by atoms with Crippen molar-refractivity contribution >= 4 is 57.3 Å². The van der Waals surface area contributed by atoms with Gasteiger partial charge < -0.3 is 83.4 Å². The van der Waals surface area contributed by atoms with Crippen molar-refractivity contribution < 1.29 is 125 Å². The second-order valence-corrected chi connectivity index (χ2v) is 43.4. The van der Waals surface area contributed by atoms with Crippen molar-refractivity contribution in [2.45, 2.75) is 648 Å². The average molecular weight is 2040 g/mol. The summed E-state index contributed by atoms with van der Waals surface area (Å²) in [7, 11) is -11.5. The Bertz CT molecular complexity index is 3100. The van der Waals surface area contributed by atoms with Crippen molar-refractivity contribution in [2.24, 2.45) is 0 Å². The average Bonchev–Trinajstić information content (AvgIpc) is 0.778. The third-order valence-electron chi connectivity index (χ3n) is 27.6. The molecule has 14 atom stereocenters. The fourth-order valence-corrected chi connectivity index (χ4v) is 20.2. The quantitative estimate of drug-likeness (QED) is 0.0118. The number of hydrogen-bond acceptors (Lipinski definition) is 22. The van der Waals surface area contributed by atoms with Gasteiger partial charge in [-0.1, -0.05) is 453 Å². The number of aliphatic hydroxyl groups excluding tert-OH is 3. The van der Waals surface area contributed by atoms with Crippen LogP contribution >= 0.6 is 15.6 Å². The fourth-order valence-electron chi connectivity index (χ4n) is 19.2. The molecule has 30 heteroatoms. The van der Waals surface area contributed by atoms with Gasteiger partial charge in [0, 0.05) is 19.3 Å². The van der Waals surface area contributed by atoms with Gasteiger partial charge in [-0.05, 0) is 64.2 Å². The lowest BCUT2D eigenvalue weighted by Gasteiger charge is -2.47. The van der Waals surface area contributed by atoms with E-state index in [0.717, 1.165) is 295 Å².